The maximum Gasteiger partial charge on any atom is 0.322 e. The van der Waals surface area contributed by atoms with E-state index in [0.717, 1.165) is 12.5 Å². The van der Waals surface area contributed by atoms with Gasteiger partial charge in [0.15, 0.2) is 0 Å². The highest BCUT2D eigenvalue weighted by Gasteiger charge is 2.16. The first-order valence-corrected chi connectivity index (χ1v) is 4.72. The molecule has 6 nitrogen and oxygen atoms in total. The minimum absolute atomic E-state index is 0.421. The van der Waals surface area contributed by atoms with Crippen molar-refractivity contribution in [1.82, 2.24) is 10.9 Å². The standard InChI is InChI=1S/C9H17N3O3/c1-2-8(13)12-11-7(9(14)15)5-3-4-6-10/h2,7,11H,1,3-6,10H2,(H,12,13)(H,14,15)/t7-/m0/s1. The smallest absolute Gasteiger partial charge is 0.322 e. The van der Waals surface area contributed by atoms with Gasteiger partial charge in [0.1, 0.15) is 6.04 Å². The third-order valence-electron chi connectivity index (χ3n) is 1.80. The number of hydrazine groups is 1. The lowest BCUT2D eigenvalue weighted by Gasteiger charge is -2.13. The number of unbranched alkanes of at least 4 members (excludes halogenated alkanes) is 1. The lowest BCUT2D eigenvalue weighted by atomic mass is 10.1. The van der Waals surface area contributed by atoms with E-state index in [1.807, 2.05) is 0 Å². The molecule has 0 aliphatic rings. The lowest BCUT2D eigenvalue weighted by molar-refractivity contribution is -0.140. The first kappa shape index (κ1) is 13.6. The van der Waals surface area contributed by atoms with Gasteiger partial charge in [-0.3, -0.25) is 15.0 Å². The van der Waals surface area contributed by atoms with Gasteiger partial charge in [-0.15, -0.1) is 0 Å². The van der Waals surface area contributed by atoms with E-state index in [1.165, 1.54) is 0 Å². The van der Waals surface area contributed by atoms with Crippen molar-refractivity contribution in [3.8, 4) is 0 Å². The molecule has 1 atom stereocenters. The summed E-state index contributed by atoms with van der Waals surface area (Å²) in [6, 6.07) is -0.791. The average Bonchev–Trinajstić information content (AvgIpc) is 2.22. The Morgan fingerprint density at radius 1 is 1.47 bits per heavy atom. The maximum atomic E-state index is 10.8. The Labute approximate surface area is 88.5 Å². The Kier molecular flexibility index (Phi) is 7.21. The molecule has 0 saturated carbocycles. The minimum atomic E-state index is -1.00. The second-order valence-corrected chi connectivity index (χ2v) is 3.01. The number of nitrogens with two attached hydrogens (primary N) is 1. The molecule has 0 unspecified atom stereocenters. The molecule has 0 aromatic rings. The highest BCUT2D eigenvalue weighted by atomic mass is 16.4. The predicted octanol–water partition coefficient (Wildman–Crippen LogP) is -0.625. The Hall–Kier alpha value is -1.40. The number of carbonyl (C=O) groups excluding carboxylic acids is 1. The number of aliphatic carboxylic acids is 1. The molecule has 0 radical (unpaired) electrons. The van der Waals surface area contributed by atoms with Crippen LogP contribution in [0.5, 0.6) is 0 Å². The van der Waals surface area contributed by atoms with E-state index in [0.29, 0.717) is 19.4 Å². The van der Waals surface area contributed by atoms with Gasteiger partial charge in [-0.25, -0.2) is 5.43 Å². The van der Waals surface area contributed by atoms with Gasteiger partial charge >= 0.3 is 5.97 Å². The van der Waals surface area contributed by atoms with Crippen molar-refractivity contribution >= 4 is 11.9 Å². The van der Waals surface area contributed by atoms with E-state index in [2.05, 4.69) is 17.4 Å². The molecule has 5 N–H and O–H groups in total. The summed E-state index contributed by atoms with van der Waals surface area (Å²) in [6.45, 7) is 3.78. The van der Waals surface area contributed by atoms with Gasteiger partial charge < -0.3 is 10.8 Å². The normalized spacial score (nSPS) is 11.8. The van der Waals surface area contributed by atoms with Gasteiger partial charge in [0, 0.05) is 0 Å². The average molecular weight is 215 g/mol. The van der Waals surface area contributed by atoms with Crippen LogP contribution in [0, 0.1) is 0 Å². The third kappa shape index (κ3) is 6.64. The van der Waals surface area contributed by atoms with E-state index in [4.69, 9.17) is 10.8 Å². The van der Waals surface area contributed by atoms with Crippen LogP contribution in [0.4, 0.5) is 0 Å². The number of amides is 1. The van der Waals surface area contributed by atoms with Crippen LogP contribution in [0.3, 0.4) is 0 Å². The summed E-state index contributed by atoms with van der Waals surface area (Å²) in [4.78, 5) is 21.5. The molecule has 0 rings (SSSR count). The molecule has 0 aliphatic carbocycles. The molecule has 6 heteroatoms. The highest BCUT2D eigenvalue weighted by molar-refractivity contribution is 5.86. The van der Waals surface area contributed by atoms with E-state index < -0.39 is 17.9 Å². The van der Waals surface area contributed by atoms with Gasteiger partial charge in [-0.2, -0.15) is 0 Å². The maximum absolute atomic E-state index is 10.8. The lowest BCUT2D eigenvalue weighted by Crippen LogP contribution is -2.47. The molecule has 1 amide bonds. The van der Waals surface area contributed by atoms with Crippen molar-refractivity contribution < 1.29 is 14.7 Å². The highest BCUT2D eigenvalue weighted by Crippen LogP contribution is 1.99. The van der Waals surface area contributed by atoms with Gasteiger partial charge in [0.2, 0.25) is 0 Å². The Morgan fingerprint density at radius 3 is 2.60 bits per heavy atom. The van der Waals surface area contributed by atoms with E-state index in [9.17, 15) is 9.59 Å². The summed E-state index contributed by atoms with van der Waals surface area (Å²) < 4.78 is 0. The molecule has 0 bridgehead atoms. The number of rotatable bonds is 8. The summed E-state index contributed by atoms with van der Waals surface area (Å²) >= 11 is 0. The fourth-order valence-electron chi connectivity index (χ4n) is 0.959. The minimum Gasteiger partial charge on any atom is -0.480 e. The number of nitrogens with one attached hydrogen (secondary N) is 2. The molecule has 0 aromatic heterocycles. The Morgan fingerprint density at radius 2 is 2.13 bits per heavy atom. The van der Waals surface area contributed by atoms with E-state index in [1.54, 1.807) is 0 Å². The van der Waals surface area contributed by atoms with E-state index in [-0.39, 0.29) is 0 Å². The van der Waals surface area contributed by atoms with Crippen LogP contribution >= 0.6 is 0 Å². The van der Waals surface area contributed by atoms with Crippen molar-refractivity contribution in [3.05, 3.63) is 12.7 Å². The number of carbonyl (C=O) groups is 2. The monoisotopic (exact) mass is 215 g/mol. The SMILES string of the molecule is C=CC(=O)NN[C@@H](CCCCN)C(=O)O. The molecule has 0 fully saturated rings. The Bertz CT molecular complexity index is 231. The molecular formula is C9H17N3O3. The topological polar surface area (TPSA) is 104 Å². The number of carboxylic acids is 1. The van der Waals surface area contributed by atoms with E-state index >= 15 is 0 Å². The summed E-state index contributed by atoms with van der Waals surface area (Å²) in [6.07, 6.45) is 2.95. The quantitative estimate of drug-likeness (QED) is 0.245. The van der Waals surface area contributed by atoms with Crippen molar-refractivity contribution in [3.63, 3.8) is 0 Å². The first-order chi connectivity index (χ1) is 7.11. The Balaban J connectivity index is 3.88. The summed E-state index contributed by atoms with van der Waals surface area (Å²) in [5.74, 6) is -1.46. The van der Waals surface area contributed by atoms with Crippen LogP contribution in [0.25, 0.3) is 0 Å². The van der Waals surface area contributed by atoms with Crippen LogP contribution in [0.1, 0.15) is 19.3 Å². The van der Waals surface area contributed by atoms with Gasteiger partial charge in [-0.05, 0) is 31.9 Å². The second kappa shape index (κ2) is 7.95. The van der Waals surface area contributed by atoms with Crippen LogP contribution < -0.4 is 16.6 Å². The first-order valence-electron chi connectivity index (χ1n) is 4.72. The largest absolute Gasteiger partial charge is 0.480 e. The predicted molar refractivity (Wildman–Crippen MR) is 55.8 cm³/mol. The molecule has 0 spiro atoms. The molecule has 86 valence electrons. The van der Waals surface area contributed by atoms with Gasteiger partial charge in [0.05, 0.1) is 0 Å². The summed E-state index contributed by atoms with van der Waals surface area (Å²) in [5.41, 5.74) is 9.92. The molecule has 0 aliphatic heterocycles. The fraction of sp³-hybridized carbons (Fsp3) is 0.556. The zero-order valence-electron chi connectivity index (χ0n) is 8.53. The second-order valence-electron chi connectivity index (χ2n) is 3.01. The van der Waals surface area contributed by atoms with Crippen molar-refractivity contribution in [2.24, 2.45) is 5.73 Å². The summed E-state index contributed by atoms with van der Waals surface area (Å²) in [5, 5.41) is 8.79. The van der Waals surface area contributed by atoms with Crippen molar-refractivity contribution in [1.29, 1.82) is 0 Å². The van der Waals surface area contributed by atoms with Crippen LogP contribution in [-0.4, -0.2) is 29.6 Å². The van der Waals surface area contributed by atoms with Crippen molar-refractivity contribution in [2.75, 3.05) is 6.54 Å². The van der Waals surface area contributed by atoms with Crippen LogP contribution in [0.15, 0.2) is 12.7 Å². The van der Waals surface area contributed by atoms with Crippen LogP contribution in [0.2, 0.25) is 0 Å². The van der Waals surface area contributed by atoms with Crippen molar-refractivity contribution in [2.45, 2.75) is 25.3 Å². The number of carboxylic acid groups (broad SMARTS) is 1. The van der Waals surface area contributed by atoms with Gasteiger partial charge in [0.25, 0.3) is 5.91 Å². The summed E-state index contributed by atoms with van der Waals surface area (Å²) in [7, 11) is 0. The molecule has 0 aromatic carbocycles. The van der Waals surface area contributed by atoms with Crippen LogP contribution in [-0.2, 0) is 9.59 Å². The number of hydrogen-bond donors (Lipinski definition) is 4. The zero-order valence-corrected chi connectivity index (χ0v) is 8.53. The third-order valence-corrected chi connectivity index (χ3v) is 1.80. The van der Waals surface area contributed by atoms with Gasteiger partial charge in [-0.1, -0.05) is 6.58 Å². The number of hydrogen-bond acceptors (Lipinski definition) is 4. The molecule has 15 heavy (non-hydrogen) atoms. The molecular weight excluding hydrogens is 198 g/mol. The fourth-order valence-corrected chi connectivity index (χ4v) is 0.959. The molecule has 0 heterocycles. The zero-order chi connectivity index (χ0) is 11.7. The molecule has 0 saturated heterocycles.